The second kappa shape index (κ2) is 9.46. The molecule has 1 aromatic carbocycles. The summed E-state index contributed by atoms with van der Waals surface area (Å²) >= 11 is 0. The molecule has 1 aliphatic carbocycles. The van der Waals surface area contributed by atoms with E-state index in [2.05, 4.69) is 52.7 Å². The summed E-state index contributed by atoms with van der Waals surface area (Å²) in [5, 5.41) is 4.39. The number of rotatable bonds is 6. The molecule has 188 valence electrons. The van der Waals surface area contributed by atoms with Crippen LogP contribution in [0.4, 0.5) is 0 Å². The van der Waals surface area contributed by atoms with Gasteiger partial charge in [-0.1, -0.05) is 47.6 Å². The largest absolute Gasteiger partial charge is 0.465 e. The zero-order chi connectivity index (χ0) is 25.5. The van der Waals surface area contributed by atoms with Gasteiger partial charge >= 0.3 is 5.97 Å². The molecule has 0 bridgehead atoms. The highest BCUT2D eigenvalue weighted by molar-refractivity contribution is 7.89. The number of nitrogens with zero attached hydrogens (tertiary/aromatic N) is 3. The molecule has 3 rings (SSSR count). The Morgan fingerprint density at radius 2 is 1.71 bits per heavy atom. The number of fused-ring (bicyclic) bond motifs is 1. The standard InChI is InChI=1S/C26H39N3O4S/c1-9-33-24(30)17-29-23-12-10-11-22(21(23)16-27-29)28(8)34(31,32)20-14-18(25(2,3)4)13-19(15-20)26(5,6)7/h13-16,22H,9-12,17H2,1-8H3. The van der Waals surface area contributed by atoms with Gasteiger partial charge < -0.3 is 4.74 Å². The molecule has 0 radical (unpaired) electrons. The molecule has 0 spiro atoms. The third-order valence-corrected chi connectivity index (χ3v) is 8.41. The molecule has 0 aliphatic heterocycles. The molecule has 1 unspecified atom stereocenters. The summed E-state index contributed by atoms with van der Waals surface area (Å²) in [4.78, 5) is 12.3. The third kappa shape index (κ3) is 5.38. The lowest BCUT2D eigenvalue weighted by Gasteiger charge is -2.32. The van der Waals surface area contributed by atoms with Gasteiger partial charge in [0.25, 0.3) is 0 Å². The van der Waals surface area contributed by atoms with Gasteiger partial charge in [-0.05, 0) is 60.3 Å². The molecule has 1 aliphatic rings. The van der Waals surface area contributed by atoms with E-state index in [-0.39, 0.29) is 29.4 Å². The number of carbonyl (C=O) groups excluding carboxylic acids is 1. The maximum atomic E-state index is 13.9. The van der Waals surface area contributed by atoms with Gasteiger partial charge in [-0.3, -0.25) is 9.48 Å². The van der Waals surface area contributed by atoms with E-state index in [1.54, 1.807) is 24.9 Å². The third-order valence-electron chi connectivity index (χ3n) is 6.57. The minimum Gasteiger partial charge on any atom is -0.465 e. The number of esters is 1. The maximum absolute atomic E-state index is 13.9. The fourth-order valence-corrected chi connectivity index (χ4v) is 5.82. The van der Waals surface area contributed by atoms with Gasteiger partial charge in [-0.25, -0.2) is 8.42 Å². The van der Waals surface area contributed by atoms with Crippen molar-refractivity contribution in [3.8, 4) is 0 Å². The Morgan fingerprint density at radius 1 is 1.12 bits per heavy atom. The van der Waals surface area contributed by atoms with E-state index < -0.39 is 10.0 Å². The van der Waals surface area contributed by atoms with Crippen molar-refractivity contribution in [2.24, 2.45) is 0 Å². The fourth-order valence-electron chi connectivity index (χ4n) is 4.39. The summed E-state index contributed by atoms with van der Waals surface area (Å²) < 4.78 is 36.0. The second-order valence-electron chi connectivity index (χ2n) is 11.2. The molecule has 1 heterocycles. The topological polar surface area (TPSA) is 81.5 Å². The Bertz CT molecular complexity index is 1120. The highest BCUT2D eigenvalue weighted by Crippen LogP contribution is 2.38. The van der Waals surface area contributed by atoms with Crippen LogP contribution in [-0.2, 0) is 43.4 Å². The first-order valence-corrected chi connectivity index (χ1v) is 13.4. The van der Waals surface area contributed by atoms with Crippen LogP contribution in [0.25, 0.3) is 0 Å². The van der Waals surface area contributed by atoms with Crippen LogP contribution >= 0.6 is 0 Å². The molecule has 1 atom stereocenters. The van der Waals surface area contributed by atoms with E-state index in [1.165, 1.54) is 4.31 Å². The molecule has 0 N–H and O–H groups in total. The molecule has 0 saturated heterocycles. The number of benzene rings is 1. The molecule has 1 aromatic heterocycles. The van der Waals surface area contributed by atoms with Crippen LogP contribution in [0.15, 0.2) is 29.3 Å². The van der Waals surface area contributed by atoms with E-state index in [0.29, 0.717) is 17.9 Å². The summed E-state index contributed by atoms with van der Waals surface area (Å²) in [7, 11) is -2.11. The summed E-state index contributed by atoms with van der Waals surface area (Å²) in [6.45, 7) is 14.7. The van der Waals surface area contributed by atoms with Crippen LogP contribution in [0, 0.1) is 0 Å². The lowest BCUT2D eigenvalue weighted by atomic mass is 9.81. The molecule has 34 heavy (non-hydrogen) atoms. The van der Waals surface area contributed by atoms with Crippen molar-refractivity contribution in [2.45, 2.75) is 96.0 Å². The van der Waals surface area contributed by atoms with E-state index in [0.717, 1.165) is 35.2 Å². The van der Waals surface area contributed by atoms with E-state index in [9.17, 15) is 13.2 Å². The lowest BCUT2D eigenvalue weighted by molar-refractivity contribution is -0.144. The van der Waals surface area contributed by atoms with Gasteiger partial charge in [0, 0.05) is 18.3 Å². The van der Waals surface area contributed by atoms with Crippen LogP contribution in [0.3, 0.4) is 0 Å². The summed E-state index contributed by atoms with van der Waals surface area (Å²) in [5.41, 5.74) is 3.40. The van der Waals surface area contributed by atoms with E-state index in [1.807, 2.05) is 12.1 Å². The Morgan fingerprint density at radius 3 is 2.24 bits per heavy atom. The van der Waals surface area contributed by atoms with Crippen molar-refractivity contribution < 1.29 is 17.9 Å². The minimum atomic E-state index is -3.76. The quantitative estimate of drug-likeness (QED) is 0.548. The van der Waals surface area contributed by atoms with Crippen LogP contribution in [0.2, 0.25) is 0 Å². The predicted molar refractivity (Wildman–Crippen MR) is 133 cm³/mol. The number of ether oxygens (including phenoxy) is 1. The minimum absolute atomic E-state index is 0.0366. The Balaban J connectivity index is 2.01. The van der Waals surface area contributed by atoms with Gasteiger partial charge in [-0.2, -0.15) is 9.40 Å². The van der Waals surface area contributed by atoms with Crippen LogP contribution in [-0.4, -0.2) is 42.1 Å². The highest BCUT2D eigenvalue weighted by atomic mass is 32.2. The molecule has 7 nitrogen and oxygen atoms in total. The molecule has 8 heteroatoms. The summed E-state index contributed by atoms with van der Waals surface area (Å²) in [6, 6.07) is 5.42. The van der Waals surface area contributed by atoms with Gasteiger partial charge in [-0.15, -0.1) is 0 Å². The molecule has 2 aromatic rings. The fraction of sp³-hybridized carbons (Fsp3) is 0.615. The number of sulfonamides is 1. The first-order valence-electron chi connectivity index (χ1n) is 12.0. The highest BCUT2D eigenvalue weighted by Gasteiger charge is 2.35. The number of carbonyl (C=O) groups is 1. The van der Waals surface area contributed by atoms with Gasteiger partial charge in [0.1, 0.15) is 6.54 Å². The molecular weight excluding hydrogens is 450 g/mol. The number of hydrogen-bond donors (Lipinski definition) is 0. The Hall–Kier alpha value is -2.19. The zero-order valence-electron chi connectivity index (χ0n) is 21.8. The van der Waals surface area contributed by atoms with E-state index in [4.69, 9.17) is 4.74 Å². The average molecular weight is 490 g/mol. The maximum Gasteiger partial charge on any atom is 0.327 e. The van der Waals surface area contributed by atoms with Crippen molar-refractivity contribution in [3.05, 3.63) is 46.8 Å². The van der Waals surface area contributed by atoms with Crippen LogP contribution in [0.1, 0.15) is 89.7 Å². The van der Waals surface area contributed by atoms with Crippen molar-refractivity contribution in [1.29, 1.82) is 0 Å². The molecule has 0 amide bonds. The second-order valence-corrected chi connectivity index (χ2v) is 13.2. The first kappa shape index (κ1) is 26.4. The molecular formula is C26H39N3O4S. The number of aromatic nitrogens is 2. The lowest BCUT2D eigenvalue weighted by Crippen LogP contribution is -2.34. The average Bonchev–Trinajstić information content (AvgIpc) is 3.14. The first-order chi connectivity index (χ1) is 15.7. The normalized spacial score (nSPS) is 17.0. The molecule has 0 fully saturated rings. The van der Waals surface area contributed by atoms with Gasteiger partial charge in [0.2, 0.25) is 10.0 Å². The predicted octanol–water partition coefficient (Wildman–Crippen LogP) is 4.74. The molecule has 0 saturated carbocycles. The van der Waals surface area contributed by atoms with E-state index >= 15 is 0 Å². The smallest absolute Gasteiger partial charge is 0.327 e. The summed E-state index contributed by atoms with van der Waals surface area (Å²) in [6.07, 6.45) is 3.99. The van der Waals surface area contributed by atoms with Crippen molar-refractivity contribution in [1.82, 2.24) is 14.1 Å². The van der Waals surface area contributed by atoms with Crippen molar-refractivity contribution >= 4 is 16.0 Å². The van der Waals surface area contributed by atoms with Crippen LogP contribution < -0.4 is 0 Å². The van der Waals surface area contributed by atoms with Crippen molar-refractivity contribution in [3.63, 3.8) is 0 Å². The van der Waals surface area contributed by atoms with Crippen LogP contribution in [0.5, 0.6) is 0 Å². The van der Waals surface area contributed by atoms with Crippen molar-refractivity contribution in [2.75, 3.05) is 13.7 Å². The number of hydrogen-bond acceptors (Lipinski definition) is 5. The SMILES string of the molecule is CCOC(=O)Cn1ncc2c1CCCC2N(C)S(=O)(=O)c1cc(C(C)(C)C)cc(C(C)(C)C)c1. The summed E-state index contributed by atoms with van der Waals surface area (Å²) in [5.74, 6) is -0.342. The Kier molecular flexibility index (Phi) is 7.35. The zero-order valence-corrected chi connectivity index (χ0v) is 22.6. The van der Waals surface area contributed by atoms with Gasteiger partial charge in [0.05, 0.1) is 23.7 Å². The van der Waals surface area contributed by atoms with Gasteiger partial charge in [0.15, 0.2) is 0 Å². The Labute approximate surface area is 204 Å². The monoisotopic (exact) mass is 489 g/mol.